The number of fused-ring (bicyclic) bond motifs is 1. The van der Waals surface area contributed by atoms with Crippen LogP contribution >= 0.6 is 0 Å². The van der Waals surface area contributed by atoms with E-state index in [1.165, 1.54) is 35.5 Å². The highest BCUT2D eigenvalue weighted by Gasteiger charge is 2.22. The molecule has 1 unspecified atom stereocenters. The first kappa shape index (κ1) is 15.6. The van der Waals surface area contributed by atoms with Gasteiger partial charge in [-0.2, -0.15) is 0 Å². The van der Waals surface area contributed by atoms with E-state index in [9.17, 15) is 0 Å². The summed E-state index contributed by atoms with van der Waals surface area (Å²) in [6, 6.07) is 11.3. The number of nitrogens with zero attached hydrogens (tertiary/aromatic N) is 3. The summed E-state index contributed by atoms with van der Waals surface area (Å²) in [5, 5.41) is 3.70. The molecule has 1 aromatic heterocycles. The van der Waals surface area contributed by atoms with Gasteiger partial charge < -0.3 is 10.2 Å². The van der Waals surface area contributed by atoms with E-state index in [1.54, 1.807) is 0 Å². The van der Waals surface area contributed by atoms with Crippen molar-refractivity contribution in [1.29, 1.82) is 0 Å². The second kappa shape index (κ2) is 6.89. The maximum atomic E-state index is 4.78. The van der Waals surface area contributed by atoms with Gasteiger partial charge in [-0.3, -0.25) is 0 Å². The molecule has 24 heavy (non-hydrogen) atoms. The fraction of sp³-hybridized carbons (Fsp3) is 0.500. The summed E-state index contributed by atoms with van der Waals surface area (Å²) in [4.78, 5) is 12.0. The Morgan fingerprint density at radius 1 is 1.17 bits per heavy atom. The van der Waals surface area contributed by atoms with Crippen molar-refractivity contribution in [3.8, 4) is 0 Å². The Bertz CT molecular complexity index is 698. The molecule has 0 bridgehead atoms. The summed E-state index contributed by atoms with van der Waals surface area (Å²) in [6.45, 7) is 5.33. The third-order valence-electron chi connectivity index (χ3n) is 5.28. The van der Waals surface area contributed by atoms with Gasteiger partial charge in [0, 0.05) is 49.2 Å². The van der Waals surface area contributed by atoms with E-state index >= 15 is 0 Å². The molecule has 0 spiro atoms. The van der Waals surface area contributed by atoms with Gasteiger partial charge in [-0.1, -0.05) is 18.2 Å². The van der Waals surface area contributed by atoms with Crippen LogP contribution in [-0.2, 0) is 19.3 Å². The Morgan fingerprint density at radius 3 is 2.92 bits per heavy atom. The van der Waals surface area contributed by atoms with Gasteiger partial charge in [-0.05, 0) is 50.3 Å². The fourth-order valence-electron chi connectivity index (χ4n) is 3.98. The summed E-state index contributed by atoms with van der Waals surface area (Å²) in [7, 11) is 0. The minimum absolute atomic E-state index is 0.570. The number of para-hydroxylation sites is 1. The summed E-state index contributed by atoms with van der Waals surface area (Å²) >= 11 is 0. The van der Waals surface area contributed by atoms with Crippen LogP contribution in [0.3, 0.4) is 0 Å². The molecular weight excluding hydrogens is 296 g/mol. The summed E-state index contributed by atoms with van der Waals surface area (Å²) in [5.74, 6) is 1.01. The maximum Gasteiger partial charge on any atom is 0.130 e. The van der Waals surface area contributed by atoms with Crippen LogP contribution in [0.1, 0.15) is 35.6 Å². The van der Waals surface area contributed by atoms with Crippen molar-refractivity contribution in [2.75, 3.05) is 24.5 Å². The average Bonchev–Trinajstić information content (AvgIpc) is 3.25. The van der Waals surface area contributed by atoms with Crippen molar-refractivity contribution in [2.45, 2.75) is 45.1 Å². The van der Waals surface area contributed by atoms with Gasteiger partial charge in [0.1, 0.15) is 5.82 Å². The molecule has 1 aromatic carbocycles. The Labute approximate surface area is 144 Å². The topological polar surface area (TPSA) is 41.1 Å². The molecule has 2 aromatic rings. The minimum atomic E-state index is 0.570. The highest BCUT2D eigenvalue weighted by Crippen LogP contribution is 2.22. The average molecular weight is 322 g/mol. The monoisotopic (exact) mass is 322 g/mol. The second-order valence-electron chi connectivity index (χ2n) is 6.98. The Balaban J connectivity index is 1.29. The van der Waals surface area contributed by atoms with E-state index in [1.807, 2.05) is 0 Å². The van der Waals surface area contributed by atoms with Crippen molar-refractivity contribution in [2.24, 2.45) is 0 Å². The van der Waals surface area contributed by atoms with E-state index in [2.05, 4.69) is 47.5 Å². The lowest BCUT2D eigenvalue weighted by Crippen LogP contribution is -2.34. The second-order valence-corrected chi connectivity index (χ2v) is 6.98. The molecule has 1 N–H and O–H groups in total. The largest absolute Gasteiger partial charge is 0.370 e. The van der Waals surface area contributed by atoms with Crippen LogP contribution in [0, 0.1) is 6.92 Å². The molecule has 4 rings (SSSR count). The summed E-state index contributed by atoms with van der Waals surface area (Å²) in [6.07, 6.45) is 5.67. The Morgan fingerprint density at radius 2 is 2.04 bits per heavy atom. The molecule has 0 radical (unpaired) electrons. The molecule has 1 fully saturated rings. The van der Waals surface area contributed by atoms with Crippen molar-refractivity contribution in [3.63, 3.8) is 0 Å². The third-order valence-corrected chi connectivity index (χ3v) is 5.28. The molecule has 4 heteroatoms. The quantitative estimate of drug-likeness (QED) is 0.919. The zero-order valence-electron chi connectivity index (χ0n) is 14.5. The van der Waals surface area contributed by atoms with Crippen LogP contribution in [0.25, 0.3) is 0 Å². The molecule has 2 heterocycles. The lowest BCUT2D eigenvalue weighted by Gasteiger charge is -2.19. The predicted octanol–water partition coefficient (Wildman–Crippen LogP) is 2.68. The van der Waals surface area contributed by atoms with Crippen molar-refractivity contribution in [3.05, 3.63) is 53.1 Å². The van der Waals surface area contributed by atoms with Gasteiger partial charge in [0.05, 0.1) is 0 Å². The molecule has 4 nitrogen and oxygen atoms in total. The highest BCUT2D eigenvalue weighted by molar-refractivity contribution is 5.47. The highest BCUT2D eigenvalue weighted by atomic mass is 15.2. The first-order chi connectivity index (χ1) is 11.8. The summed E-state index contributed by atoms with van der Waals surface area (Å²) in [5.41, 5.74) is 5.23. The van der Waals surface area contributed by atoms with E-state index in [0.717, 1.165) is 44.7 Å². The minimum Gasteiger partial charge on any atom is -0.370 e. The number of aryl methyl sites for hydroxylation is 2. The lowest BCUT2D eigenvalue weighted by molar-refractivity contribution is 0.548. The van der Waals surface area contributed by atoms with E-state index in [0.29, 0.717) is 6.04 Å². The van der Waals surface area contributed by atoms with Crippen molar-refractivity contribution >= 4 is 5.69 Å². The zero-order chi connectivity index (χ0) is 16.4. The van der Waals surface area contributed by atoms with E-state index in [4.69, 9.17) is 9.97 Å². The van der Waals surface area contributed by atoms with Crippen LogP contribution in [0.4, 0.5) is 5.69 Å². The standard InChI is InChI=1S/C20H26N4/c1-15-18-8-5-9-19(18)23-20(22-15)10-12-21-16-11-13-24(14-16)17-6-3-2-4-7-17/h2-4,6-7,16,21H,5,8-14H2,1H3. The molecule has 2 aliphatic rings. The van der Waals surface area contributed by atoms with Crippen molar-refractivity contribution in [1.82, 2.24) is 15.3 Å². The number of rotatable bonds is 5. The van der Waals surface area contributed by atoms with Crippen LogP contribution in [-0.4, -0.2) is 35.6 Å². The number of anilines is 1. The lowest BCUT2D eigenvalue weighted by atomic mass is 10.2. The van der Waals surface area contributed by atoms with E-state index in [-0.39, 0.29) is 0 Å². The van der Waals surface area contributed by atoms with Crippen molar-refractivity contribution < 1.29 is 0 Å². The number of nitrogens with one attached hydrogen (secondary N) is 1. The maximum absolute atomic E-state index is 4.78. The molecular formula is C20H26N4. The van der Waals surface area contributed by atoms with E-state index < -0.39 is 0 Å². The molecule has 1 aliphatic heterocycles. The van der Waals surface area contributed by atoms with Crippen LogP contribution in [0.2, 0.25) is 0 Å². The summed E-state index contributed by atoms with van der Waals surface area (Å²) < 4.78 is 0. The molecule has 126 valence electrons. The number of aromatic nitrogens is 2. The normalized spacial score (nSPS) is 19.7. The van der Waals surface area contributed by atoms with Gasteiger partial charge in [0.25, 0.3) is 0 Å². The molecule has 1 saturated heterocycles. The van der Waals surface area contributed by atoms with Gasteiger partial charge in [0.2, 0.25) is 0 Å². The van der Waals surface area contributed by atoms with Gasteiger partial charge in [0.15, 0.2) is 0 Å². The molecule has 0 saturated carbocycles. The van der Waals surface area contributed by atoms with Crippen LogP contribution in [0.15, 0.2) is 30.3 Å². The first-order valence-electron chi connectivity index (χ1n) is 9.18. The number of hydrogen-bond acceptors (Lipinski definition) is 4. The first-order valence-corrected chi connectivity index (χ1v) is 9.18. The molecule has 0 amide bonds. The SMILES string of the molecule is Cc1nc(CCNC2CCN(c3ccccc3)C2)nc2c1CCC2. The number of benzene rings is 1. The Hall–Kier alpha value is -1.94. The van der Waals surface area contributed by atoms with Crippen LogP contribution in [0.5, 0.6) is 0 Å². The van der Waals surface area contributed by atoms with Crippen LogP contribution < -0.4 is 10.2 Å². The smallest absolute Gasteiger partial charge is 0.130 e. The molecule has 1 atom stereocenters. The predicted molar refractivity (Wildman–Crippen MR) is 97.6 cm³/mol. The van der Waals surface area contributed by atoms with Gasteiger partial charge in [-0.15, -0.1) is 0 Å². The fourth-order valence-corrected chi connectivity index (χ4v) is 3.98. The molecule has 1 aliphatic carbocycles. The Kier molecular flexibility index (Phi) is 4.48. The van der Waals surface area contributed by atoms with Gasteiger partial charge in [-0.25, -0.2) is 9.97 Å². The van der Waals surface area contributed by atoms with Gasteiger partial charge >= 0.3 is 0 Å². The number of hydrogen-bond donors (Lipinski definition) is 1. The zero-order valence-corrected chi connectivity index (χ0v) is 14.5. The third kappa shape index (κ3) is 3.29.